The Morgan fingerprint density at radius 2 is 1.82 bits per heavy atom. The summed E-state index contributed by atoms with van der Waals surface area (Å²) in [6.45, 7) is 1.15. The number of fused-ring (bicyclic) bond motifs is 2. The Morgan fingerprint density at radius 1 is 1.15 bits per heavy atom. The zero-order chi connectivity index (χ0) is 24.5. The van der Waals surface area contributed by atoms with E-state index in [1.54, 1.807) is 61.5 Å². The van der Waals surface area contributed by atoms with Crippen LogP contribution in [0.5, 0.6) is 5.75 Å². The van der Waals surface area contributed by atoms with Gasteiger partial charge in [-0.3, -0.25) is 14.5 Å². The van der Waals surface area contributed by atoms with Crippen LogP contribution in [0.3, 0.4) is 0 Å². The summed E-state index contributed by atoms with van der Waals surface area (Å²) in [5.41, 5.74) is 4.60. The van der Waals surface area contributed by atoms with Crippen LogP contribution in [0.2, 0.25) is 0 Å². The third-order valence-corrected chi connectivity index (χ3v) is 5.73. The third kappa shape index (κ3) is 3.19. The molecule has 0 saturated carbocycles. The van der Waals surface area contributed by atoms with Gasteiger partial charge in [0.1, 0.15) is 23.9 Å². The lowest BCUT2D eigenvalue weighted by Crippen LogP contribution is -2.48. The van der Waals surface area contributed by atoms with Crippen molar-refractivity contribution in [2.75, 3.05) is 20.3 Å². The van der Waals surface area contributed by atoms with E-state index in [1.165, 1.54) is 7.11 Å². The van der Waals surface area contributed by atoms with Gasteiger partial charge < -0.3 is 19.9 Å². The number of carbonyl (C=O) groups is 3. The first-order valence-electron chi connectivity index (χ1n) is 10.5. The second kappa shape index (κ2) is 8.75. The molecule has 0 bridgehead atoms. The lowest BCUT2D eigenvalue weighted by molar-refractivity contribution is -0.145. The van der Waals surface area contributed by atoms with Gasteiger partial charge in [0.2, 0.25) is 11.8 Å². The van der Waals surface area contributed by atoms with E-state index in [9.17, 15) is 19.6 Å². The Bertz CT molecular complexity index is 1290. The Labute approximate surface area is 195 Å². The van der Waals surface area contributed by atoms with E-state index in [1.807, 2.05) is 6.07 Å². The highest BCUT2D eigenvalue weighted by Crippen LogP contribution is 2.55. The molecular formula is C25H21N3O6. The highest BCUT2D eigenvalue weighted by molar-refractivity contribution is 6.19. The zero-order valence-corrected chi connectivity index (χ0v) is 18.5. The molecule has 172 valence electrons. The molecule has 2 aliphatic rings. The predicted octanol–water partition coefficient (Wildman–Crippen LogP) is 2.00. The number of ether oxygens (including phenoxy) is 3. The van der Waals surface area contributed by atoms with Crippen LogP contribution in [0.15, 0.2) is 71.6 Å². The molecule has 0 aliphatic carbocycles. The minimum atomic E-state index is -1.97. The first-order valence-corrected chi connectivity index (χ1v) is 10.5. The maximum Gasteiger partial charge on any atom is 0.337 e. The molecular weight excluding hydrogens is 438 g/mol. The van der Waals surface area contributed by atoms with E-state index in [0.717, 1.165) is 4.90 Å². The topological polar surface area (TPSA) is 132 Å². The quantitative estimate of drug-likeness (QED) is 0.672. The fourth-order valence-corrected chi connectivity index (χ4v) is 4.39. The molecule has 0 radical (unpaired) electrons. The van der Waals surface area contributed by atoms with E-state index in [0.29, 0.717) is 5.56 Å². The van der Waals surface area contributed by atoms with Crippen LogP contribution in [-0.2, 0) is 29.3 Å². The lowest BCUT2D eigenvalue weighted by Gasteiger charge is -2.35. The fourth-order valence-electron chi connectivity index (χ4n) is 4.39. The second-order valence-electron chi connectivity index (χ2n) is 7.48. The van der Waals surface area contributed by atoms with Gasteiger partial charge in [-0.05, 0) is 18.6 Å². The smallest absolute Gasteiger partial charge is 0.337 e. The molecule has 2 N–H and O–H groups in total. The maximum absolute atomic E-state index is 14.3. The number of carbonyl (C=O) groups excluding carboxylic acids is 3. The third-order valence-electron chi connectivity index (χ3n) is 5.73. The number of methoxy groups -OCH3 is 1. The molecule has 34 heavy (non-hydrogen) atoms. The van der Waals surface area contributed by atoms with Crippen molar-refractivity contribution in [2.45, 2.75) is 12.3 Å². The first-order chi connectivity index (χ1) is 16.4. The van der Waals surface area contributed by atoms with Gasteiger partial charge in [-0.25, -0.2) is 4.79 Å². The summed E-state index contributed by atoms with van der Waals surface area (Å²) in [5, 5.41) is 10.1. The van der Waals surface area contributed by atoms with E-state index >= 15 is 0 Å². The number of rotatable bonds is 5. The van der Waals surface area contributed by atoms with Crippen molar-refractivity contribution in [2.24, 2.45) is 5.73 Å². The van der Waals surface area contributed by atoms with Gasteiger partial charge in [0, 0.05) is 5.56 Å². The van der Waals surface area contributed by atoms with Gasteiger partial charge in [0.05, 0.1) is 25.0 Å². The van der Waals surface area contributed by atoms with Crippen molar-refractivity contribution >= 4 is 23.5 Å². The van der Waals surface area contributed by atoms with Crippen molar-refractivity contribution in [1.82, 2.24) is 4.90 Å². The number of amides is 1. The van der Waals surface area contributed by atoms with Crippen LogP contribution in [0.25, 0.3) is 5.70 Å². The Morgan fingerprint density at radius 3 is 2.47 bits per heavy atom. The van der Waals surface area contributed by atoms with E-state index in [4.69, 9.17) is 19.9 Å². The number of hydrogen-bond donors (Lipinski definition) is 1. The van der Waals surface area contributed by atoms with Crippen LogP contribution in [-0.4, -0.2) is 43.0 Å². The molecule has 0 fully saturated rings. The van der Waals surface area contributed by atoms with E-state index in [2.05, 4.69) is 0 Å². The van der Waals surface area contributed by atoms with Crippen molar-refractivity contribution in [3.05, 3.63) is 82.8 Å². The molecule has 1 spiro atoms. The van der Waals surface area contributed by atoms with Gasteiger partial charge in [-0.2, -0.15) is 5.26 Å². The Kier molecular flexibility index (Phi) is 5.82. The number of nitrogens with zero attached hydrogens (tertiary/aromatic N) is 2. The summed E-state index contributed by atoms with van der Waals surface area (Å²) < 4.78 is 15.8. The van der Waals surface area contributed by atoms with Crippen LogP contribution < -0.4 is 10.5 Å². The SMILES string of the molecule is CCOC(=O)C1=C(c2ccccc2)N(CC(=O)OC)C(=O)[C@]12C(C#N)=C(N)Oc1ccccc12. The van der Waals surface area contributed by atoms with Crippen molar-refractivity contribution < 1.29 is 28.6 Å². The molecule has 0 aromatic heterocycles. The molecule has 1 atom stereocenters. The van der Waals surface area contributed by atoms with E-state index < -0.39 is 29.8 Å². The number of benzene rings is 2. The van der Waals surface area contributed by atoms with Gasteiger partial charge in [-0.1, -0.05) is 48.5 Å². The average molecular weight is 459 g/mol. The number of para-hydroxylation sites is 1. The summed E-state index contributed by atoms with van der Waals surface area (Å²) in [6.07, 6.45) is 0. The normalized spacial score (nSPS) is 19.0. The molecule has 2 heterocycles. The molecule has 9 heteroatoms. The number of nitriles is 1. The molecule has 0 saturated heterocycles. The van der Waals surface area contributed by atoms with Crippen LogP contribution in [0, 0.1) is 11.3 Å². The Balaban J connectivity index is 2.17. The largest absolute Gasteiger partial charge is 0.468 e. The minimum absolute atomic E-state index is 0.0188. The second-order valence-corrected chi connectivity index (χ2v) is 7.48. The molecule has 0 unspecified atom stereocenters. The van der Waals surface area contributed by atoms with Gasteiger partial charge in [0.25, 0.3) is 0 Å². The standard InChI is InChI=1S/C25H21N3O6/c1-3-33-23(30)20-21(15-9-5-4-6-10-15)28(14-19(29)32-2)24(31)25(20)16-11-7-8-12-18(16)34-22(27)17(25)13-26/h4-12H,3,14,27H2,1-2H3/t25-/m1/s1. The monoisotopic (exact) mass is 459 g/mol. The van der Waals surface area contributed by atoms with Gasteiger partial charge >= 0.3 is 11.9 Å². The number of nitrogens with two attached hydrogens (primary N) is 1. The molecule has 9 nitrogen and oxygen atoms in total. The van der Waals surface area contributed by atoms with Crippen molar-refractivity contribution in [3.8, 4) is 11.8 Å². The molecule has 4 rings (SSSR count). The molecule has 2 aliphatic heterocycles. The van der Waals surface area contributed by atoms with Crippen LogP contribution >= 0.6 is 0 Å². The predicted molar refractivity (Wildman–Crippen MR) is 119 cm³/mol. The molecule has 1 amide bonds. The van der Waals surface area contributed by atoms with Gasteiger partial charge in [-0.15, -0.1) is 0 Å². The molecule has 2 aromatic rings. The summed E-state index contributed by atoms with van der Waals surface area (Å²) in [4.78, 5) is 41.3. The van der Waals surface area contributed by atoms with Gasteiger partial charge in [0.15, 0.2) is 5.41 Å². The maximum atomic E-state index is 14.3. The van der Waals surface area contributed by atoms with Crippen LogP contribution in [0.1, 0.15) is 18.1 Å². The number of esters is 2. The Hall–Kier alpha value is -4.58. The summed E-state index contributed by atoms with van der Waals surface area (Å²) >= 11 is 0. The summed E-state index contributed by atoms with van der Waals surface area (Å²) in [6, 6.07) is 17.1. The zero-order valence-electron chi connectivity index (χ0n) is 18.5. The average Bonchev–Trinajstić information content (AvgIpc) is 3.09. The number of hydrogen-bond acceptors (Lipinski definition) is 8. The minimum Gasteiger partial charge on any atom is -0.468 e. The highest BCUT2D eigenvalue weighted by Gasteiger charge is 2.63. The van der Waals surface area contributed by atoms with Crippen LogP contribution in [0.4, 0.5) is 0 Å². The lowest BCUT2D eigenvalue weighted by atomic mass is 9.67. The highest BCUT2D eigenvalue weighted by atomic mass is 16.5. The first kappa shape index (κ1) is 22.6. The molecule has 2 aromatic carbocycles. The summed E-state index contributed by atoms with van der Waals surface area (Å²) in [5.74, 6) is -2.35. The van der Waals surface area contributed by atoms with Crippen molar-refractivity contribution in [3.63, 3.8) is 0 Å². The van der Waals surface area contributed by atoms with E-state index in [-0.39, 0.29) is 40.6 Å². The summed E-state index contributed by atoms with van der Waals surface area (Å²) in [7, 11) is 1.19. The van der Waals surface area contributed by atoms with Crippen molar-refractivity contribution in [1.29, 1.82) is 5.26 Å². The fraction of sp³-hybridized carbons (Fsp3) is 0.200.